The summed E-state index contributed by atoms with van der Waals surface area (Å²) in [6.45, 7) is 8.18. The fraction of sp³-hybridized carbons (Fsp3) is 0.0769. The molecule has 0 saturated heterocycles. The monoisotopic (exact) mass is 215 g/mol. The Balaban J connectivity index is 0.000000325. The maximum Gasteiger partial charge on any atom is 0.330 e. The van der Waals surface area contributed by atoms with Crippen molar-refractivity contribution in [1.29, 1.82) is 5.26 Å². The maximum atomic E-state index is 9.60. The van der Waals surface area contributed by atoms with Crippen LogP contribution in [0, 0.1) is 11.3 Å². The molecule has 3 nitrogen and oxygen atoms in total. The van der Waals surface area contributed by atoms with Crippen LogP contribution in [0.4, 0.5) is 0 Å². The molecule has 0 amide bonds. The minimum Gasteiger partial charge on any atom is -0.478 e. The van der Waals surface area contributed by atoms with Crippen molar-refractivity contribution in [3.05, 3.63) is 54.6 Å². The van der Waals surface area contributed by atoms with Gasteiger partial charge in [0.25, 0.3) is 0 Å². The highest BCUT2D eigenvalue weighted by Crippen LogP contribution is 2.08. The van der Waals surface area contributed by atoms with E-state index < -0.39 is 5.97 Å². The molecule has 0 fully saturated rings. The molecule has 0 aliphatic heterocycles. The highest BCUT2D eigenvalue weighted by molar-refractivity contribution is 5.84. The van der Waals surface area contributed by atoms with Crippen LogP contribution in [0.3, 0.4) is 0 Å². The summed E-state index contributed by atoms with van der Waals surface area (Å²) < 4.78 is 0. The normalized spacial score (nSPS) is 8.00. The number of allylic oxidation sites excluding steroid dienone is 1. The largest absolute Gasteiger partial charge is 0.478 e. The topological polar surface area (TPSA) is 61.1 Å². The van der Waals surface area contributed by atoms with Crippen LogP contribution >= 0.6 is 0 Å². The number of aliphatic carboxylic acids is 1. The van der Waals surface area contributed by atoms with Crippen molar-refractivity contribution in [2.24, 2.45) is 0 Å². The second-order valence-corrected chi connectivity index (χ2v) is 3.04. The molecule has 0 bridgehead atoms. The Bertz CT molecular complexity index is 415. The average Bonchev–Trinajstić information content (AvgIpc) is 2.30. The van der Waals surface area contributed by atoms with Gasteiger partial charge in [-0.3, -0.25) is 0 Å². The van der Waals surface area contributed by atoms with E-state index in [-0.39, 0.29) is 5.57 Å². The average molecular weight is 215 g/mol. The second kappa shape index (κ2) is 7.02. The molecular formula is C13H13NO2. The third-order valence-corrected chi connectivity index (χ3v) is 1.62. The number of carboxylic acids is 1. The van der Waals surface area contributed by atoms with E-state index in [1.165, 1.54) is 6.92 Å². The lowest BCUT2D eigenvalue weighted by Gasteiger charge is -1.92. The molecule has 82 valence electrons. The zero-order valence-electron chi connectivity index (χ0n) is 9.10. The molecule has 0 heterocycles. The van der Waals surface area contributed by atoms with Crippen LogP contribution in [0.5, 0.6) is 0 Å². The number of benzene rings is 1. The van der Waals surface area contributed by atoms with E-state index in [4.69, 9.17) is 10.4 Å². The van der Waals surface area contributed by atoms with Crippen LogP contribution in [0.25, 0.3) is 5.57 Å². The minimum atomic E-state index is -0.935. The molecule has 1 rings (SSSR count). The van der Waals surface area contributed by atoms with E-state index >= 15 is 0 Å². The van der Waals surface area contributed by atoms with Crippen molar-refractivity contribution in [3.63, 3.8) is 0 Å². The predicted octanol–water partition coefficient (Wildman–Crippen LogP) is 2.87. The third kappa shape index (κ3) is 5.40. The van der Waals surface area contributed by atoms with E-state index in [0.29, 0.717) is 5.57 Å². The van der Waals surface area contributed by atoms with E-state index in [1.807, 2.05) is 36.4 Å². The zero-order chi connectivity index (χ0) is 12.6. The Morgan fingerprint density at radius 3 is 2.06 bits per heavy atom. The van der Waals surface area contributed by atoms with Crippen molar-refractivity contribution in [1.82, 2.24) is 0 Å². The first-order valence-corrected chi connectivity index (χ1v) is 4.52. The maximum absolute atomic E-state index is 9.60. The number of hydrogen-bond acceptors (Lipinski definition) is 2. The van der Waals surface area contributed by atoms with Crippen molar-refractivity contribution in [3.8, 4) is 6.07 Å². The summed E-state index contributed by atoms with van der Waals surface area (Å²) in [4.78, 5) is 9.60. The molecule has 0 radical (unpaired) electrons. The molecule has 0 aromatic heterocycles. The highest BCUT2D eigenvalue weighted by atomic mass is 16.4. The Kier molecular flexibility index (Phi) is 5.99. The molecule has 1 N–H and O–H groups in total. The smallest absolute Gasteiger partial charge is 0.330 e. The quantitative estimate of drug-likeness (QED) is 0.609. The van der Waals surface area contributed by atoms with Gasteiger partial charge in [-0.2, -0.15) is 5.26 Å². The number of carboxylic acid groups (broad SMARTS) is 1. The number of nitrogens with zero attached hydrogens (tertiary/aromatic N) is 1. The van der Waals surface area contributed by atoms with Gasteiger partial charge in [-0.25, -0.2) is 4.79 Å². The number of hydrogen-bond donors (Lipinski definition) is 1. The lowest BCUT2D eigenvalue weighted by molar-refractivity contribution is -0.132. The highest BCUT2D eigenvalue weighted by Gasteiger charge is 1.92. The van der Waals surface area contributed by atoms with Gasteiger partial charge in [-0.15, -0.1) is 0 Å². The molecule has 1 aromatic rings. The Labute approximate surface area is 95.0 Å². The van der Waals surface area contributed by atoms with Gasteiger partial charge >= 0.3 is 5.97 Å². The number of rotatable bonds is 2. The van der Waals surface area contributed by atoms with Crippen molar-refractivity contribution >= 4 is 11.5 Å². The van der Waals surface area contributed by atoms with Crippen molar-refractivity contribution < 1.29 is 9.90 Å². The first kappa shape index (κ1) is 13.7. The van der Waals surface area contributed by atoms with Crippen LogP contribution < -0.4 is 0 Å². The summed E-state index contributed by atoms with van der Waals surface area (Å²) in [6.07, 6.45) is 0. The summed E-state index contributed by atoms with van der Waals surface area (Å²) in [6, 6.07) is 11.4. The second-order valence-electron chi connectivity index (χ2n) is 3.04. The van der Waals surface area contributed by atoms with Gasteiger partial charge in [-0.05, 0) is 12.5 Å². The molecule has 0 aliphatic rings. The number of nitriles is 1. The van der Waals surface area contributed by atoms with Gasteiger partial charge < -0.3 is 5.11 Å². The number of carbonyl (C=O) groups is 1. The summed E-state index contributed by atoms with van der Waals surface area (Å²) in [7, 11) is 0. The lowest BCUT2D eigenvalue weighted by Crippen LogP contribution is -1.92. The predicted molar refractivity (Wildman–Crippen MR) is 63.5 cm³/mol. The molecule has 16 heavy (non-hydrogen) atoms. The third-order valence-electron chi connectivity index (χ3n) is 1.62. The molecule has 0 atom stereocenters. The Morgan fingerprint density at radius 2 is 1.75 bits per heavy atom. The first-order chi connectivity index (χ1) is 7.49. The molecular weight excluding hydrogens is 202 g/mol. The summed E-state index contributed by atoms with van der Waals surface area (Å²) in [5.41, 5.74) is 1.58. The van der Waals surface area contributed by atoms with Gasteiger partial charge in [-0.1, -0.05) is 43.5 Å². The lowest BCUT2D eigenvalue weighted by atomic mass is 10.1. The van der Waals surface area contributed by atoms with Gasteiger partial charge in [0.05, 0.1) is 11.6 Å². The van der Waals surface area contributed by atoms with E-state index in [0.717, 1.165) is 5.56 Å². The minimum absolute atomic E-state index is 0.176. The van der Waals surface area contributed by atoms with Gasteiger partial charge in [0, 0.05) is 5.57 Å². The van der Waals surface area contributed by atoms with Crippen LogP contribution in [0.1, 0.15) is 12.5 Å². The molecule has 0 saturated carbocycles. The van der Waals surface area contributed by atoms with Crippen LogP contribution in [-0.2, 0) is 4.79 Å². The standard InChI is InChI=1S/C9H7N.C4H6O2/c1-8(7-10)9-5-3-2-4-6-9;1-3(2)4(5)6/h2-6H,1H2;1H2,2H3,(H,5,6). The van der Waals surface area contributed by atoms with Crippen molar-refractivity contribution in [2.75, 3.05) is 0 Å². The Hall–Kier alpha value is -2.34. The fourth-order valence-electron chi connectivity index (χ4n) is 0.704. The fourth-order valence-corrected chi connectivity index (χ4v) is 0.704. The SMILES string of the molecule is C=C(C#N)c1ccccc1.C=C(C)C(=O)O. The van der Waals surface area contributed by atoms with E-state index in [1.54, 1.807) is 0 Å². The van der Waals surface area contributed by atoms with E-state index in [2.05, 4.69) is 13.2 Å². The first-order valence-electron chi connectivity index (χ1n) is 4.52. The van der Waals surface area contributed by atoms with Crippen molar-refractivity contribution in [2.45, 2.75) is 6.92 Å². The van der Waals surface area contributed by atoms with Crippen LogP contribution in [0.15, 0.2) is 49.1 Å². The van der Waals surface area contributed by atoms with Gasteiger partial charge in [0.15, 0.2) is 0 Å². The summed E-state index contributed by atoms with van der Waals surface area (Å²) >= 11 is 0. The summed E-state index contributed by atoms with van der Waals surface area (Å²) in [5.74, 6) is -0.935. The molecule has 3 heteroatoms. The molecule has 1 aromatic carbocycles. The summed E-state index contributed by atoms with van der Waals surface area (Å²) in [5, 5.41) is 16.3. The zero-order valence-corrected chi connectivity index (χ0v) is 9.10. The van der Waals surface area contributed by atoms with Gasteiger partial charge in [0.1, 0.15) is 0 Å². The van der Waals surface area contributed by atoms with Crippen LogP contribution in [0.2, 0.25) is 0 Å². The Morgan fingerprint density at radius 1 is 1.31 bits per heavy atom. The molecule has 0 aliphatic carbocycles. The van der Waals surface area contributed by atoms with E-state index in [9.17, 15) is 4.79 Å². The molecule has 0 unspecified atom stereocenters. The van der Waals surface area contributed by atoms with Crippen LogP contribution in [-0.4, -0.2) is 11.1 Å². The van der Waals surface area contributed by atoms with Gasteiger partial charge in [0.2, 0.25) is 0 Å². The molecule has 0 spiro atoms.